The second kappa shape index (κ2) is 10.4. The number of aliphatic hydroxyl groups excluding tert-OH is 1. The lowest BCUT2D eigenvalue weighted by molar-refractivity contribution is 0.172. The molecule has 2 aromatic carbocycles. The molecule has 1 aromatic heterocycles. The van der Waals surface area contributed by atoms with Gasteiger partial charge in [-0.05, 0) is 104 Å². The molecule has 0 spiro atoms. The number of fused-ring (bicyclic) bond motifs is 1. The quantitative estimate of drug-likeness (QED) is 0.476. The SMILES string of the molecule is COc1cc(-c2ccc(C3CCc4ccc(CC(C)O)cc4O3)c(CN3CCCC3C)c2)ccn1. The van der Waals surface area contributed by atoms with Gasteiger partial charge in [0.15, 0.2) is 0 Å². The zero-order valence-electron chi connectivity index (χ0n) is 21.0. The Morgan fingerprint density at radius 2 is 1.97 bits per heavy atom. The highest BCUT2D eigenvalue weighted by Crippen LogP contribution is 2.39. The Balaban J connectivity index is 1.47. The summed E-state index contributed by atoms with van der Waals surface area (Å²) in [6, 6.07) is 17.8. The molecule has 5 heteroatoms. The molecule has 3 unspecified atom stereocenters. The number of rotatable bonds is 7. The van der Waals surface area contributed by atoms with Gasteiger partial charge >= 0.3 is 0 Å². The first kappa shape index (κ1) is 23.8. The molecule has 5 rings (SSSR count). The molecule has 1 saturated heterocycles. The number of aliphatic hydroxyl groups is 1. The van der Waals surface area contributed by atoms with Gasteiger partial charge in [0.1, 0.15) is 11.9 Å². The Kier molecular flexibility index (Phi) is 7.07. The summed E-state index contributed by atoms with van der Waals surface area (Å²) in [5, 5.41) is 9.83. The average molecular weight is 473 g/mol. The fraction of sp³-hybridized carbons (Fsp3) is 0.433. The first-order chi connectivity index (χ1) is 17.0. The fourth-order valence-electron chi connectivity index (χ4n) is 5.48. The molecule has 2 aliphatic heterocycles. The monoisotopic (exact) mass is 472 g/mol. The van der Waals surface area contributed by atoms with E-state index in [1.807, 2.05) is 19.1 Å². The van der Waals surface area contributed by atoms with Crippen LogP contribution in [0.1, 0.15) is 61.5 Å². The van der Waals surface area contributed by atoms with Gasteiger partial charge in [-0.1, -0.05) is 24.3 Å². The van der Waals surface area contributed by atoms with Crippen LogP contribution in [0.4, 0.5) is 0 Å². The molecule has 184 valence electrons. The minimum Gasteiger partial charge on any atom is -0.485 e. The van der Waals surface area contributed by atoms with Crippen LogP contribution in [0.15, 0.2) is 54.7 Å². The summed E-state index contributed by atoms with van der Waals surface area (Å²) in [6.07, 6.45) is 6.59. The van der Waals surface area contributed by atoms with E-state index >= 15 is 0 Å². The van der Waals surface area contributed by atoms with E-state index in [-0.39, 0.29) is 12.2 Å². The van der Waals surface area contributed by atoms with Crippen molar-refractivity contribution in [1.29, 1.82) is 0 Å². The maximum Gasteiger partial charge on any atom is 0.213 e. The molecule has 3 atom stereocenters. The Morgan fingerprint density at radius 1 is 1.11 bits per heavy atom. The van der Waals surface area contributed by atoms with Crippen LogP contribution in [-0.4, -0.2) is 40.8 Å². The van der Waals surface area contributed by atoms with Crippen LogP contribution in [0.3, 0.4) is 0 Å². The van der Waals surface area contributed by atoms with Gasteiger partial charge in [-0.25, -0.2) is 4.98 Å². The summed E-state index contributed by atoms with van der Waals surface area (Å²) in [7, 11) is 1.65. The highest BCUT2D eigenvalue weighted by Gasteiger charge is 2.27. The first-order valence-corrected chi connectivity index (χ1v) is 12.8. The van der Waals surface area contributed by atoms with E-state index < -0.39 is 0 Å². The normalized spacial score (nSPS) is 20.8. The van der Waals surface area contributed by atoms with Crippen molar-refractivity contribution < 1.29 is 14.6 Å². The molecule has 1 fully saturated rings. The van der Waals surface area contributed by atoms with E-state index in [1.54, 1.807) is 13.3 Å². The van der Waals surface area contributed by atoms with E-state index in [1.165, 1.54) is 35.1 Å². The van der Waals surface area contributed by atoms with Gasteiger partial charge in [0, 0.05) is 24.8 Å². The van der Waals surface area contributed by atoms with Crippen molar-refractivity contribution >= 4 is 0 Å². The van der Waals surface area contributed by atoms with Crippen LogP contribution in [0, 0.1) is 0 Å². The molecule has 3 heterocycles. The predicted molar refractivity (Wildman–Crippen MR) is 139 cm³/mol. The summed E-state index contributed by atoms with van der Waals surface area (Å²) in [5.41, 5.74) is 7.27. The summed E-state index contributed by atoms with van der Waals surface area (Å²) in [6.45, 7) is 6.24. The number of hydrogen-bond donors (Lipinski definition) is 1. The third-order valence-electron chi connectivity index (χ3n) is 7.44. The maximum atomic E-state index is 9.83. The van der Waals surface area contributed by atoms with Crippen LogP contribution < -0.4 is 9.47 Å². The summed E-state index contributed by atoms with van der Waals surface area (Å²) < 4.78 is 12.0. The van der Waals surface area contributed by atoms with Gasteiger partial charge in [-0.2, -0.15) is 0 Å². The molecule has 0 saturated carbocycles. The molecule has 2 aliphatic rings. The van der Waals surface area contributed by atoms with Crippen LogP contribution in [0.5, 0.6) is 11.6 Å². The van der Waals surface area contributed by atoms with Gasteiger partial charge in [0.05, 0.1) is 13.2 Å². The standard InChI is InChI=1S/C30H36N2O3/c1-20-5-4-14-32(20)19-26-17-24(25-12-13-31-30(18-25)34-3)8-10-27(26)28-11-9-23-7-6-22(15-21(2)33)16-29(23)35-28/h6-8,10,12-13,16-18,20-21,28,33H,4-5,9,11,14-15,19H2,1-3H3. The van der Waals surface area contributed by atoms with Crippen LogP contribution in [-0.2, 0) is 19.4 Å². The van der Waals surface area contributed by atoms with Crippen LogP contribution >= 0.6 is 0 Å². The second-order valence-electron chi connectivity index (χ2n) is 10.1. The van der Waals surface area contributed by atoms with Gasteiger partial charge in [0.25, 0.3) is 0 Å². The van der Waals surface area contributed by atoms with E-state index in [2.05, 4.69) is 53.2 Å². The molecule has 0 aliphatic carbocycles. The number of benzene rings is 2. The maximum absolute atomic E-state index is 9.83. The number of pyridine rings is 1. The third kappa shape index (κ3) is 5.36. The van der Waals surface area contributed by atoms with E-state index in [9.17, 15) is 5.11 Å². The number of nitrogens with zero attached hydrogens (tertiary/aromatic N) is 2. The minimum atomic E-state index is -0.360. The van der Waals surface area contributed by atoms with E-state index in [4.69, 9.17) is 9.47 Å². The zero-order valence-corrected chi connectivity index (χ0v) is 21.0. The number of ether oxygens (including phenoxy) is 2. The van der Waals surface area contributed by atoms with Crippen molar-refractivity contribution in [2.24, 2.45) is 0 Å². The largest absolute Gasteiger partial charge is 0.485 e. The number of aromatic nitrogens is 1. The van der Waals surface area contributed by atoms with Gasteiger partial charge in [0.2, 0.25) is 5.88 Å². The Morgan fingerprint density at radius 3 is 2.74 bits per heavy atom. The molecule has 5 nitrogen and oxygen atoms in total. The van der Waals surface area contributed by atoms with E-state index in [0.29, 0.717) is 18.3 Å². The summed E-state index contributed by atoms with van der Waals surface area (Å²) in [5.74, 6) is 1.59. The van der Waals surface area contributed by atoms with Crippen molar-refractivity contribution in [3.05, 3.63) is 77.0 Å². The summed E-state index contributed by atoms with van der Waals surface area (Å²) in [4.78, 5) is 6.86. The topological polar surface area (TPSA) is 54.8 Å². The molecule has 0 amide bonds. The highest BCUT2D eigenvalue weighted by atomic mass is 16.5. The molecule has 3 aromatic rings. The smallest absolute Gasteiger partial charge is 0.213 e. The van der Waals surface area contributed by atoms with E-state index in [0.717, 1.165) is 42.8 Å². The molecular formula is C30H36N2O3. The molecule has 1 N–H and O–H groups in total. The molecule has 35 heavy (non-hydrogen) atoms. The Bertz CT molecular complexity index is 1180. The number of hydrogen-bond acceptors (Lipinski definition) is 5. The number of aryl methyl sites for hydroxylation is 1. The van der Waals surface area contributed by atoms with Crippen molar-refractivity contribution in [2.45, 2.75) is 70.7 Å². The van der Waals surface area contributed by atoms with Crippen molar-refractivity contribution in [2.75, 3.05) is 13.7 Å². The lowest BCUT2D eigenvalue weighted by atomic mass is 9.91. The Labute approximate surface area is 208 Å². The lowest BCUT2D eigenvalue weighted by Gasteiger charge is -2.30. The molecular weight excluding hydrogens is 436 g/mol. The molecule has 0 radical (unpaired) electrons. The fourth-order valence-corrected chi connectivity index (χ4v) is 5.48. The van der Waals surface area contributed by atoms with Crippen molar-refractivity contribution in [3.8, 4) is 22.8 Å². The third-order valence-corrected chi connectivity index (χ3v) is 7.44. The first-order valence-electron chi connectivity index (χ1n) is 12.8. The predicted octanol–water partition coefficient (Wildman–Crippen LogP) is 5.73. The van der Waals surface area contributed by atoms with Crippen molar-refractivity contribution in [1.82, 2.24) is 9.88 Å². The molecule has 0 bridgehead atoms. The van der Waals surface area contributed by atoms with Gasteiger partial charge in [-0.15, -0.1) is 0 Å². The second-order valence-corrected chi connectivity index (χ2v) is 10.1. The van der Waals surface area contributed by atoms with Crippen LogP contribution in [0.25, 0.3) is 11.1 Å². The minimum absolute atomic E-state index is 0.0261. The number of likely N-dealkylation sites (tertiary alicyclic amines) is 1. The lowest BCUT2D eigenvalue weighted by Crippen LogP contribution is -2.27. The van der Waals surface area contributed by atoms with Gasteiger partial charge < -0.3 is 14.6 Å². The van der Waals surface area contributed by atoms with Crippen LogP contribution in [0.2, 0.25) is 0 Å². The van der Waals surface area contributed by atoms with Crippen molar-refractivity contribution in [3.63, 3.8) is 0 Å². The Hall–Kier alpha value is -2.89. The zero-order chi connectivity index (χ0) is 24.4. The highest BCUT2D eigenvalue weighted by molar-refractivity contribution is 5.66. The summed E-state index contributed by atoms with van der Waals surface area (Å²) >= 11 is 0. The average Bonchev–Trinajstić information content (AvgIpc) is 3.27. The number of methoxy groups -OCH3 is 1. The van der Waals surface area contributed by atoms with Gasteiger partial charge in [-0.3, -0.25) is 4.90 Å².